The molecule has 2 heterocycles. The summed E-state index contributed by atoms with van der Waals surface area (Å²) in [5.74, 6) is 2.60. The zero-order valence-electron chi connectivity index (χ0n) is 14.6. The van der Waals surface area contributed by atoms with Crippen LogP contribution in [0, 0.1) is 4.77 Å². The Balaban J connectivity index is 1.87. The predicted molar refractivity (Wildman–Crippen MR) is 104 cm³/mol. The molecular formula is C19H19N5OS. The Morgan fingerprint density at radius 2 is 1.85 bits per heavy atom. The Bertz CT molecular complexity index is 1110. The summed E-state index contributed by atoms with van der Waals surface area (Å²) < 4.78 is 10.1. The van der Waals surface area contributed by atoms with Crippen LogP contribution in [0.5, 0.6) is 5.75 Å². The van der Waals surface area contributed by atoms with Crippen molar-refractivity contribution in [3.05, 3.63) is 59.1 Å². The van der Waals surface area contributed by atoms with Gasteiger partial charge in [0.2, 0.25) is 0 Å². The van der Waals surface area contributed by atoms with Gasteiger partial charge in [0.1, 0.15) is 11.6 Å². The van der Waals surface area contributed by atoms with Crippen LogP contribution in [0.4, 0.5) is 0 Å². The molecule has 0 atom stereocenters. The summed E-state index contributed by atoms with van der Waals surface area (Å²) in [6.07, 6.45) is 0. The fourth-order valence-electron chi connectivity index (χ4n) is 3.13. The molecule has 0 aliphatic heterocycles. The van der Waals surface area contributed by atoms with Gasteiger partial charge in [0.05, 0.1) is 24.7 Å². The van der Waals surface area contributed by atoms with Crippen LogP contribution in [0.1, 0.15) is 12.7 Å². The summed E-state index contributed by atoms with van der Waals surface area (Å²) in [7, 11) is 1.66. The van der Waals surface area contributed by atoms with Crippen molar-refractivity contribution in [1.82, 2.24) is 24.3 Å². The first-order chi connectivity index (χ1) is 12.7. The van der Waals surface area contributed by atoms with Crippen molar-refractivity contribution in [2.45, 2.75) is 20.0 Å². The van der Waals surface area contributed by atoms with E-state index in [1.807, 2.05) is 47.0 Å². The Morgan fingerprint density at radius 3 is 2.58 bits per heavy atom. The normalized spacial score (nSPS) is 11.2. The number of hydrogen-bond donors (Lipinski definition) is 1. The van der Waals surface area contributed by atoms with E-state index in [1.165, 1.54) is 0 Å². The van der Waals surface area contributed by atoms with Gasteiger partial charge in [0, 0.05) is 12.1 Å². The molecule has 0 saturated carbocycles. The van der Waals surface area contributed by atoms with E-state index in [1.54, 1.807) is 7.11 Å². The van der Waals surface area contributed by atoms with E-state index in [0.29, 0.717) is 11.3 Å². The van der Waals surface area contributed by atoms with Gasteiger partial charge in [-0.05, 0) is 55.5 Å². The van der Waals surface area contributed by atoms with Gasteiger partial charge in [-0.15, -0.1) is 0 Å². The van der Waals surface area contributed by atoms with Crippen molar-refractivity contribution in [2.75, 3.05) is 7.11 Å². The number of benzene rings is 2. The summed E-state index contributed by atoms with van der Waals surface area (Å²) in [6.45, 7) is 3.42. The number of rotatable bonds is 5. The SMILES string of the molecule is CCn1c(Cn2c(-c3ccc(OC)cc3)nc3ccccc32)n[nH]c1=S. The number of aromatic amines is 1. The van der Waals surface area contributed by atoms with Crippen molar-refractivity contribution in [1.29, 1.82) is 0 Å². The van der Waals surface area contributed by atoms with Crippen LogP contribution in [-0.4, -0.2) is 31.4 Å². The monoisotopic (exact) mass is 365 g/mol. The molecule has 0 radical (unpaired) electrons. The first-order valence-corrected chi connectivity index (χ1v) is 8.86. The maximum atomic E-state index is 5.32. The molecule has 0 saturated heterocycles. The standard InChI is InChI=1S/C19H19N5OS/c1-3-23-17(21-22-19(23)26)12-24-16-7-5-4-6-15(16)20-18(24)13-8-10-14(25-2)11-9-13/h4-11H,3,12H2,1-2H3,(H,22,26). The van der Waals surface area contributed by atoms with Crippen LogP contribution in [0.15, 0.2) is 48.5 Å². The smallest absolute Gasteiger partial charge is 0.195 e. The highest BCUT2D eigenvalue weighted by atomic mass is 32.1. The van der Waals surface area contributed by atoms with Crippen LogP contribution in [0.25, 0.3) is 22.4 Å². The fraction of sp³-hybridized carbons (Fsp3) is 0.211. The van der Waals surface area contributed by atoms with Crippen LogP contribution in [0.2, 0.25) is 0 Å². The molecule has 26 heavy (non-hydrogen) atoms. The summed E-state index contributed by atoms with van der Waals surface area (Å²) in [5.41, 5.74) is 3.05. The van der Waals surface area contributed by atoms with E-state index >= 15 is 0 Å². The summed E-state index contributed by atoms with van der Waals surface area (Å²) in [6, 6.07) is 16.1. The lowest BCUT2D eigenvalue weighted by Gasteiger charge is -2.10. The fourth-order valence-corrected chi connectivity index (χ4v) is 3.41. The summed E-state index contributed by atoms with van der Waals surface area (Å²) in [4.78, 5) is 4.85. The molecule has 0 unspecified atom stereocenters. The quantitative estimate of drug-likeness (QED) is 0.542. The molecule has 132 valence electrons. The number of nitrogens with one attached hydrogen (secondary N) is 1. The lowest BCUT2D eigenvalue weighted by atomic mass is 10.2. The molecule has 1 N–H and O–H groups in total. The Morgan fingerprint density at radius 1 is 1.08 bits per heavy atom. The molecule has 7 heteroatoms. The third kappa shape index (κ3) is 2.80. The third-order valence-electron chi connectivity index (χ3n) is 4.46. The highest BCUT2D eigenvalue weighted by molar-refractivity contribution is 7.71. The van der Waals surface area contributed by atoms with Crippen molar-refractivity contribution in [3.8, 4) is 17.1 Å². The molecule has 2 aromatic carbocycles. The van der Waals surface area contributed by atoms with Crippen LogP contribution >= 0.6 is 12.2 Å². The summed E-state index contributed by atoms with van der Waals surface area (Å²) >= 11 is 5.32. The maximum absolute atomic E-state index is 5.32. The van der Waals surface area contributed by atoms with Gasteiger partial charge >= 0.3 is 0 Å². The molecule has 0 aliphatic rings. The van der Waals surface area contributed by atoms with E-state index in [0.717, 1.165) is 40.5 Å². The van der Waals surface area contributed by atoms with Crippen molar-refractivity contribution in [2.24, 2.45) is 0 Å². The van der Waals surface area contributed by atoms with Gasteiger partial charge in [-0.3, -0.25) is 5.10 Å². The topological polar surface area (TPSA) is 60.7 Å². The second kappa shape index (κ2) is 6.76. The van der Waals surface area contributed by atoms with Gasteiger partial charge in [0.25, 0.3) is 0 Å². The molecule has 0 bridgehead atoms. The molecule has 6 nitrogen and oxygen atoms in total. The number of fused-ring (bicyclic) bond motifs is 1. The summed E-state index contributed by atoms with van der Waals surface area (Å²) in [5, 5.41) is 7.30. The Labute approximate surface area is 156 Å². The Kier molecular flexibility index (Phi) is 4.30. The zero-order valence-corrected chi connectivity index (χ0v) is 15.5. The van der Waals surface area contributed by atoms with Crippen LogP contribution in [0.3, 0.4) is 0 Å². The van der Waals surface area contributed by atoms with Gasteiger partial charge in [-0.25, -0.2) is 4.98 Å². The molecule has 4 aromatic rings. The number of methoxy groups -OCH3 is 1. The number of imidazole rings is 1. The minimum Gasteiger partial charge on any atom is -0.497 e. The number of ether oxygens (including phenoxy) is 1. The molecule has 2 aromatic heterocycles. The second-order valence-corrected chi connectivity index (χ2v) is 6.31. The van der Waals surface area contributed by atoms with E-state index < -0.39 is 0 Å². The number of H-pyrrole nitrogens is 1. The highest BCUT2D eigenvalue weighted by Gasteiger charge is 2.15. The van der Waals surface area contributed by atoms with E-state index in [4.69, 9.17) is 21.9 Å². The van der Waals surface area contributed by atoms with Crippen molar-refractivity contribution in [3.63, 3.8) is 0 Å². The maximum Gasteiger partial charge on any atom is 0.195 e. The average Bonchev–Trinajstić information content (AvgIpc) is 3.22. The first-order valence-electron chi connectivity index (χ1n) is 8.45. The Hall–Kier alpha value is -2.93. The number of nitrogens with zero attached hydrogens (tertiary/aromatic N) is 4. The number of aromatic nitrogens is 5. The van der Waals surface area contributed by atoms with Gasteiger partial charge < -0.3 is 13.9 Å². The minimum absolute atomic E-state index is 0.586. The van der Waals surface area contributed by atoms with E-state index in [2.05, 4.69) is 27.8 Å². The minimum atomic E-state index is 0.586. The van der Waals surface area contributed by atoms with Gasteiger partial charge in [-0.2, -0.15) is 5.10 Å². The van der Waals surface area contributed by atoms with Crippen LogP contribution in [-0.2, 0) is 13.1 Å². The highest BCUT2D eigenvalue weighted by Crippen LogP contribution is 2.27. The van der Waals surface area contributed by atoms with Crippen LogP contribution < -0.4 is 4.74 Å². The molecule has 0 spiro atoms. The molecule has 0 aliphatic carbocycles. The zero-order chi connectivity index (χ0) is 18.1. The molecule has 0 amide bonds. The van der Waals surface area contributed by atoms with E-state index in [9.17, 15) is 0 Å². The van der Waals surface area contributed by atoms with Gasteiger partial charge in [-0.1, -0.05) is 12.1 Å². The third-order valence-corrected chi connectivity index (χ3v) is 4.77. The van der Waals surface area contributed by atoms with Crippen molar-refractivity contribution >= 4 is 23.3 Å². The predicted octanol–water partition coefficient (Wildman–Crippen LogP) is 4.03. The van der Waals surface area contributed by atoms with E-state index in [-0.39, 0.29) is 0 Å². The second-order valence-electron chi connectivity index (χ2n) is 5.93. The lowest BCUT2D eigenvalue weighted by Crippen LogP contribution is -2.09. The van der Waals surface area contributed by atoms with Gasteiger partial charge in [0.15, 0.2) is 10.6 Å². The lowest BCUT2D eigenvalue weighted by molar-refractivity contribution is 0.415. The number of para-hydroxylation sites is 2. The first kappa shape index (κ1) is 16.5. The average molecular weight is 365 g/mol. The number of hydrogen-bond acceptors (Lipinski definition) is 4. The molecular weight excluding hydrogens is 346 g/mol. The molecule has 4 rings (SSSR count). The van der Waals surface area contributed by atoms with Crippen molar-refractivity contribution < 1.29 is 4.74 Å². The largest absolute Gasteiger partial charge is 0.497 e. The molecule has 0 fully saturated rings.